The van der Waals surface area contributed by atoms with Gasteiger partial charge in [0.25, 0.3) is 5.91 Å². The summed E-state index contributed by atoms with van der Waals surface area (Å²) in [4.78, 5) is 45.1. The Morgan fingerprint density at radius 2 is 1.36 bits per heavy atom. The molecule has 0 aromatic carbocycles. The lowest BCUT2D eigenvalue weighted by molar-refractivity contribution is 0.0478. The van der Waals surface area contributed by atoms with E-state index in [0.717, 1.165) is 0 Å². The van der Waals surface area contributed by atoms with Crippen LogP contribution in [0.3, 0.4) is 0 Å². The van der Waals surface area contributed by atoms with E-state index in [1.807, 2.05) is 27.7 Å². The minimum absolute atomic E-state index is 0.00381. The fraction of sp³-hybridized carbons (Fsp3) is 0.591. The van der Waals surface area contributed by atoms with Gasteiger partial charge in [-0.3, -0.25) is 4.79 Å². The predicted octanol–water partition coefficient (Wildman–Crippen LogP) is 3.80. The van der Waals surface area contributed by atoms with Crippen LogP contribution in [0.15, 0.2) is 21.4 Å². The number of amides is 2. The summed E-state index contributed by atoms with van der Waals surface area (Å²) in [6, 6.07) is -1.23. The van der Waals surface area contributed by atoms with E-state index < -0.39 is 35.7 Å². The number of nitrogens with one attached hydrogen (secondary N) is 2. The van der Waals surface area contributed by atoms with Crippen LogP contribution in [0.1, 0.15) is 93.3 Å². The molecule has 2 rings (SSSR count). The highest BCUT2D eigenvalue weighted by Crippen LogP contribution is 2.24. The van der Waals surface area contributed by atoms with E-state index >= 15 is 0 Å². The van der Waals surface area contributed by atoms with Gasteiger partial charge in [-0.2, -0.15) is 0 Å². The Labute approximate surface area is 192 Å². The number of nitrogens with zero attached hydrogens (tertiary/aromatic N) is 2. The average Bonchev–Trinajstić information content (AvgIpc) is 3.37. The lowest BCUT2D eigenvalue weighted by Gasteiger charge is -2.24. The molecule has 0 aliphatic rings. The molecule has 2 N–H and O–H groups in total. The van der Waals surface area contributed by atoms with E-state index in [9.17, 15) is 14.4 Å². The number of carbonyl (C=O) groups is 3. The number of alkyl carbamates (subject to hydrolysis) is 1. The van der Waals surface area contributed by atoms with Crippen LogP contribution in [0.2, 0.25) is 0 Å². The zero-order valence-electron chi connectivity index (χ0n) is 20.2. The van der Waals surface area contributed by atoms with Crippen molar-refractivity contribution >= 4 is 18.0 Å². The third kappa shape index (κ3) is 7.06. The fourth-order valence-electron chi connectivity index (χ4n) is 2.84. The Kier molecular flexibility index (Phi) is 8.23. The lowest BCUT2D eigenvalue weighted by Crippen LogP contribution is -2.37. The minimum atomic E-state index is -0.660. The number of rotatable bonds is 8. The van der Waals surface area contributed by atoms with E-state index in [1.54, 1.807) is 20.8 Å². The fourth-order valence-corrected chi connectivity index (χ4v) is 2.84. The Balaban J connectivity index is 2.16. The third-order valence-corrected chi connectivity index (χ3v) is 4.50. The van der Waals surface area contributed by atoms with Gasteiger partial charge in [-0.1, -0.05) is 27.7 Å². The molecular formula is C22H32N4O7. The Bertz CT molecular complexity index is 972. The monoisotopic (exact) mass is 464 g/mol. The van der Waals surface area contributed by atoms with Gasteiger partial charge in [0.2, 0.25) is 11.8 Å². The summed E-state index contributed by atoms with van der Waals surface area (Å²) in [7, 11) is 1.24. The molecule has 0 aliphatic carbocycles. The van der Waals surface area contributed by atoms with E-state index in [4.69, 9.17) is 13.6 Å². The molecule has 2 aromatic heterocycles. The van der Waals surface area contributed by atoms with Crippen LogP contribution in [0.25, 0.3) is 0 Å². The van der Waals surface area contributed by atoms with Crippen molar-refractivity contribution < 1.29 is 32.7 Å². The van der Waals surface area contributed by atoms with Crippen molar-refractivity contribution in [1.29, 1.82) is 0 Å². The summed E-state index contributed by atoms with van der Waals surface area (Å²) in [5.74, 6) is -1.03. The number of carbonyl (C=O) groups excluding carboxylic acids is 3. The van der Waals surface area contributed by atoms with Crippen molar-refractivity contribution in [2.75, 3.05) is 7.11 Å². The molecule has 182 valence electrons. The molecule has 2 atom stereocenters. The first-order valence-corrected chi connectivity index (χ1v) is 10.6. The molecule has 0 saturated heterocycles. The first-order chi connectivity index (χ1) is 15.3. The maximum absolute atomic E-state index is 12.8. The van der Waals surface area contributed by atoms with Crippen LogP contribution in [-0.4, -0.2) is 40.6 Å². The standard InChI is InChI=1S/C22H32N4O7/c1-11(2)15(18-24-14(10-32-18)20(28)30-8)25-17(27)13-9-31-19(23-13)16(12(3)4)26-21(29)33-22(5,6)7/h9-12,15-16H,1-8H3,(H,25,27)(H,26,29)/t15-,16-/m0/s1. The van der Waals surface area contributed by atoms with Gasteiger partial charge < -0.3 is 28.9 Å². The number of oxazole rings is 2. The van der Waals surface area contributed by atoms with E-state index in [-0.39, 0.29) is 35.0 Å². The summed E-state index contributed by atoms with van der Waals surface area (Å²) in [5.41, 5.74) is -0.636. The maximum atomic E-state index is 12.8. The molecule has 0 unspecified atom stereocenters. The maximum Gasteiger partial charge on any atom is 0.408 e. The van der Waals surface area contributed by atoms with Gasteiger partial charge in [-0.15, -0.1) is 0 Å². The van der Waals surface area contributed by atoms with Gasteiger partial charge in [0.05, 0.1) is 7.11 Å². The minimum Gasteiger partial charge on any atom is -0.464 e. The Morgan fingerprint density at radius 1 is 0.879 bits per heavy atom. The number of esters is 1. The normalized spacial score (nSPS) is 13.5. The zero-order valence-corrected chi connectivity index (χ0v) is 20.2. The van der Waals surface area contributed by atoms with E-state index in [0.29, 0.717) is 0 Å². The van der Waals surface area contributed by atoms with E-state index in [1.165, 1.54) is 19.6 Å². The van der Waals surface area contributed by atoms with Gasteiger partial charge >= 0.3 is 12.1 Å². The zero-order chi connectivity index (χ0) is 24.9. The molecule has 0 bridgehead atoms. The molecular weight excluding hydrogens is 432 g/mol. The second kappa shape index (κ2) is 10.5. The van der Waals surface area contributed by atoms with Gasteiger partial charge in [0.15, 0.2) is 11.4 Å². The van der Waals surface area contributed by atoms with Crippen LogP contribution in [0.4, 0.5) is 4.79 Å². The number of ether oxygens (including phenoxy) is 2. The summed E-state index contributed by atoms with van der Waals surface area (Å²) in [6.45, 7) is 12.8. The highest BCUT2D eigenvalue weighted by Gasteiger charge is 2.29. The average molecular weight is 465 g/mol. The van der Waals surface area contributed by atoms with Crippen molar-refractivity contribution in [2.24, 2.45) is 11.8 Å². The smallest absolute Gasteiger partial charge is 0.408 e. The SMILES string of the molecule is COC(=O)c1coc([C@@H](NC(=O)c2coc([C@@H](NC(=O)OC(C)(C)C)C(C)C)n2)C(C)C)n1. The Hall–Kier alpha value is -3.37. The summed E-state index contributed by atoms with van der Waals surface area (Å²) in [6.07, 6.45) is 1.77. The highest BCUT2D eigenvalue weighted by atomic mass is 16.6. The van der Waals surface area contributed by atoms with Crippen LogP contribution in [0.5, 0.6) is 0 Å². The molecule has 0 aliphatic heterocycles. The van der Waals surface area contributed by atoms with Crippen molar-refractivity contribution in [1.82, 2.24) is 20.6 Å². The number of aromatic nitrogens is 2. The summed E-state index contributed by atoms with van der Waals surface area (Å²) >= 11 is 0. The second-order valence-electron chi connectivity index (χ2n) is 9.20. The predicted molar refractivity (Wildman–Crippen MR) is 116 cm³/mol. The molecule has 2 heterocycles. The van der Waals surface area contributed by atoms with E-state index in [2.05, 4.69) is 25.3 Å². The van der Waals surface area contributed by atoms with Gasteiger partial charge in [0, 0.05) is 0 Å². The molecule has 11 nitrogen and oxygen atoms in total. The largest absolute Gasteiger partial charge is 0.464 e. The molecule has 0 fully saturated rings. The molecule has 0 spiro atoms. The summed E-state index contributed by atoms with van der Waals surface area (Å²) in [5, 5.41) is 5.52. The topological polar surface area (TPSA) is 146 Å². The highest BCUT2D eigenvalue weighted by molar-refractivity contribution is 5.92. The van der Waals surface area contributed by atoms with Crippen molar-refractivity contribution in [2.45, 2.75) is 66.2 Å². The molecule has 0 saturated carbocycles. The van der Waals surface area contributed by atoms with Crippen LogP contribution >= 0.6 is 0 Å². The number of methoxy groups -OCH3 is 1. The molecule has 2 aromatic rings. The van der Waals surface area contributed by atoms with Gasteiger partial charge in [-0.25, -0.2) is 19.6 Å². The van der Waals surface area contributed by atoms with Crippen LogP contribution in [0, 0.1) is 11.8 Å². The van der Waals surface area contributed by atoms with Gasteiger partial charge in [-0.05, 0) is 32.6 Å². The van der Waals surface area contributed by atoms with Crippen LogP contribution < -0.4 is 10.6 Å². The van der Waals surface area contributed by atoms with Crippen molar-refractivity contribution in [3.63, 3.8) is 0 Å². The number of hydrogen-bond donors (Lipinski definition) is 2. The van der Waals surface area contributed by atoms with Crippen molar-refractivity contribution in [3.05, 3.63) is 35.7 Å². The first-order valence-electron chi connectivity index (χ1n) is 10.6. The third-order valence-electron chi connectivity index (χ3n) is 4.50. The molecule has 33 heavy (non-hydrogen) atoms. The second-order valence-corrected chi connectivity index (χ2v) is 9.20. The first kappa shape index (κ1) is 25.9. The summed E-state index contributed by atoms with van der Waals surface area (Å²) < 4.78 is 20.8. The van der Waals surface area contributed by atoms with Gasteiger partial charge in [0.1, 0.15) is 30.2 Å². The molecule has 11 heteroatoms. The van der Waals surface area contributed by atoms with Crippen LogP contribution in [-0.2, 0) is 9.47 Å². The molecule has 0 radical (unpaired) electrons. The number of hydrogen-bond acceptors (Lipinski definition) is 9. The van der Waals surface area contributed by atoms with Crippen molar-refractivity contribution in [3.8, 4) is 0 Å². The molecule has 2 amide bonds. The Morgan fingerprint density at radius 3 is 1.85 bits per heavy atom. The quantitative estimate of drug-likeness (QED) is 0.557. The lowest BCUT2D eigenvalue weighted by atomic mass is 10.0.